The van der Waals surface area contributed by atoms with Crippen LogP contribution in [-0.4, -0.2) is 27.9 Å². The van der Waals surface area contributed by atoms with E-state index in [-0.39, 0.29) is 12.0 Å². The average molecular weight is 228 g/mol. The summed E-state index contributed by atoms with van der Waals surface area (Å²) in [6, 6.07) is 0. The molecule has 0 heterocycles. The van der Waals surface area contributed by atoms with Crippen molar-refractivity contribution >= 4 is 17.7 Å². The van der Waals surface area contributed by atoms with Gasteiger partial charge in [0.2, 0.25) is 5.41 Å². The number of allylic oxidation sites excluding steroid dienone is 2. The van der Waals surface area contributed by atoms with Crippen molar-refractivity contribution in [3.05, 3.63) is 11.6 Å². The van der Waals surface area contributed by atoms with Gasteiger partial charge >= 0.3 is 11.9 Å². The van der Waals surface area contributed by atoms with Crippen molar-refractivity contribution in [3.8, 4) is 0 Å². The highest BCUT2D eigenvalue weighted by atomic mass is 16.4. The van der Waals surface area contributed by atoms with Gasteiger partial charge in [-0.1, -0.05) is 19.9 Å². The topological polar surface area (TPSA) is 91.7 Å². The van der Waals surface area contributed by atoms with Crippen LogP contribution < -0.4 is 0 Å². The summed E-state index contributed by atoms with van der Waals surface area (Å²) in [7, 11) is 0. The Labute approximate surface area is 93.8 Å². The summed E-state index contributed by atoms with van der Waals surface area (Å²) in [5.74, 6) is -4.08. The molecule has 0 saturated heterocycles. The molecular formula is C11H16O5. The van der Waals surface area contributed by atoms with Crippen LogP contribution in [0.3, 0.4) is 0 Å². The predicted molar refractivity (Wildman–Crippen MR) is 57.1 cm³/mol. The molecule has 0 atom stereocenters. The molecular weight excluding hydrogens is 212 g/mol. The lowest BCUT2D eigenvalue weighted by Crippen LogP contribution is -2.46. The van der Waals surface area contributed by atoms with E-state index in [9.17, 15) is 14.4 Å². The minimum absolute atomic E-state index is 0.175. The lowest BCUT2D eigenvalue weighted by molar-refractivity contribution is -0.167. The fraction of sp³-hybridized carbons (Fsp3) is 0.545. The minimum atomic E-state index is -2.35. The van der Waals surface area contributed by atoms with Gasteiger partial charge in [0.05, 0.1) is 0 Å². The van der Waals surface area contributed by atoms with Crippen molar-refractivity contribution in [3.63, 3.8) is 0 Å². The van der Waals surface area contributed by atoms with E-state index in [1.165, 1.54) is 19.9 Å². The number of carbonyl (C=O) groups is 3. The molecule has 0 bridgehead atoms. The summed E-state index contributed by atoms with van der Waals surface area (Å²) < 4.78 is 0. The van der Waals surface area contributed by atoms with Gasteiger partial charge in [0.25, 0.3) is 0 Å². The number of ketones is 1. The molecule has 0 spiro atoms. The van der Waals surface area contributed by atoms with Crippen LogP contribution in [-0.2, 0) is 14.4 Å². The lowest BCUT2D eigenvalue weighted by atomic mass is 9.78. The van der Waals surface area contributed by atoms with Gasteiger partial charge in [-0.05, 0) is 25.3 Å². The smallest absolute Gasteiger partial charge is 0.329 e. The number of carboxylic acids is 2. The Bertz CT molecular complexity index is 326. The summed E-state index contributed by atoms with van der Waals surface area (Å²) >= 11 is 0. The second kappa shape index (κ2) is 5.44. The molecule has 0 unspecified atom stereocenters. The Hall–Kier alpha value is -1.65. The largest absolute Gasteiger partial charge is 0.480 e. The van der Waals surface area contributed by atoms with E-state index in [1.807, 2.05) is 0 Å². The van der Waals surface area contributed by atoms with Crippen LogP contribution in [0.5, 0.6) is 0 Å². The van der Waals surface area contributed by atoms with E-state index in [1.54, 1.807) is 6.92 Å². The highest BCUT2D eigenvalue weighted by molar-refractivity contribution is 6.24. The number of Topliss-reactive ketones (excluding diaryl/α,β-unsaturated/α-hetero) is 1. The van der Waals surface area contributed by atoms with Crippen LogP contribution in [0, 0.1) is 5.41 Å². The second-order valence-corrected chi connectivity index (χ2v) is 3.49. The second-order valence-electron chi connectivity index (χ2n) is 3.49. The number of hydrogen-bond acceptors (Lipinski definition) is 3. The maximum atomic E-state index is 11.8. The Morgan fingerprint density at radius 1 is 1.12 bits per heavy atom. The van der Waals surface area contributed by atoms with E-state index in [2.05, 4.69) is 0 Å². The van der Waals surface area contributed by atoms with Gasteiger partial charge in [0.1, 0.15) is 0 Å². The molecule has 0 aliphatic rings. The third-order valence-electron chi connectivity index (χ3n) is 2.52. The van der Waals surface area contributed by atoms with Crippen molar-refractivity contribution in [1.29, 1.82) is 0 Å². The molecule has 0 rings (SSSR count). The summed E-state index contributed by atoms with van der Waals surface area (Å²) in [6.45, 7) is 4.59. The normalized spacial score (nSPS) is 12.3. The molecule has 5 nitrogen and oxygen atoms in total. The molecule has 0 fully saturated rings. The summed E-state index contributed by atoms with van der Waals surface area (Å²) in [6.07, 6.45) is 1.81. The van der Waals surface area contributed by atoms with Crippen LogP contribution in [0.1, 0.15) is 33.6 Å². The van der Waals surface area contributed by atoms with Gasteiger partial charge < -0.3 is 10.2 Å². The highest BCUT2D eigenvalue weighted by Gasteiger charge is 2.52. The summed E-state index contributed by atoms with van der Waals surface area (Å²) in [4.78, 5) is 33.9. The van der Waals surface area contributed by atoms with Crippen LogP contribution in [0.4, 0.5) is 0 Å². The first kappa shape index (κ1) is 14.3. The van der Waals surface area contributed by atoms with Crippen molar-refractivity contribution in [1.82, 2.24) is 0 Å². The molecule has 0 aliphatic heterocycles. The Morgan fingerprint density at radius 3 is 1.81 bits per heavy atom. The third-order valence-corrected chi connectivity index (χ3v) is 2.52. The van der Waals surface area contributed by atoms with Crippen molar-refractivity contribution in [2.24, 2.45) is 5.41 Å². The summed E-state index contributed by atoms with van der Waals surface area (Å²) in [5, 5.41) is 17.9. The first-order chi connectivity index (χ1) is 7.34. The predicted octanol–water partition coefficient (Wildman–Crippen LogP) is 1.48. The van der Waals surface area contributed by atoms with Gasteiger partial charge in [-0.25, -0.2) is 0 Å². The molecule has 0 aliphatic carbocycles. The first-order valence-corrected chi connectivity index (χ1v) is 5.02. The standard InChI is InChI=1S/C11H16O5/c1-4-6-7(3)8(12)11(5-2,9(13)14)10(15)16/h6H,4-5H2,1-3H3,(H,13,14)(H,15,16). The van der Waals surface area contributed by atoms with Crippen molar-refractivity contribution < 1.29 is 24.6 Å². The molecule has 0 aromatic carbocycles. The SMILES string of the molecule is CCC=C(C)C(=O)C(CC)(C(=O)O)C(=O)O. The zero-order valence-electron chi connectivity index (χ0n) is 9.61. The number of carboxylic acid groups (broad SMARTS) is 2. The van der Waals surface area contributed by atoms with E-state index < -0.39 is 23.1 Å². The molecule has 2 N–H and O–H groups in total. The van der Waals surface area contributed by atoms with Crippen LogP contribution in [0.15, 0.2) is 11.6 Å². The molecule has 5 heteroatoms. The average Bonchev–Trinajstić information content (AvgIpc) is 2.18. The number of hydrogen-bond donors (Lipinski definition) is 2. The highest BCUT2D eigenvalue weighted by Crippen LogP contribution is 2.27. The minimum Gasteiger partial charge on any atom is -0.480 e. The zero-order chi connectivity index (χ0) is 12.9. The lowest BCUT2D eigenvalue weighted by Gasteiger charge is -2.21. The molecule has 0 radical (unpaired) electrons. The van der Waals surface area contributed by atoms with Crippen molar-refractivity contribution in [2.75, 3.05) is 0 Å². The van der Waals surface area contributed by atoms with Gasteiger partial charge in [-0.2, -0.15) is 0 Å². The fourth-order valence-corrected chi connectivity index (χ4v) is 1.48. The quantitative estimate of drug-likeness (QED) is 0.530. The molecule has 90 valence electrons. The van der Waals surface area contributed by atoms with Gasteiger partial charge in [-0.15, -0.1) is 0 Å². The molecule has 16 heavy (non-hydrogen) atoms. The van der Waals surface area contributed by atoms with Crippen LogP contribution in [0.2, 0.25) is 0 Å². The van der Waals surface area contributed by atoms with E-state index in [0.717, 1.165) is 0 Å². The Kier molecular flexibility index (Phi) is 4.88. The number of rotatable bonds is 6. The monoisotopic (exact) mass is 228 g/mol. The van der Waals surface area contributed by atoms with Gasteiger partial charge in [0.15, 0.2) is 5.78 Å². The Morgan fingerprint density at radius 2 is 1.56 bits per heavy atom. The van der Waals surface area contributed by atoms with Gasteiger partial charge in [0, 0.05) is 0 Å². The maximum Gasteiger partial charge on any atom is 0.329 e. The summed E-state index contributed by atoms with van der Waals surface area (Å²) in [5.41, 5.74) is -2.18. The third kappa shape index (κ3) is 2.29. The zero-order valence-corrected chi connectivity index (χ0v) is 9.61. The fourth-order valence-electron chi connectivity index (χ4n) is 1.48. The van der Waals surface area contributed by atoms with E-state index in [0.29, 0.717) is 6.42 Å². The van der Waals surface area contributed by atoms with Crippen LogP contribution in [0.25, 0.3) is 0 Å². The van der Waals surface area contributed by atoms with E-state index in [4.69, 9.17) is 10.2 Å². The van der Waals surface area contributed by atoms with Gasteiger partial charge in [-0.3, -0.25) is 14.4 Å². The Balaban J connectivity index is 5.53. The van der Waals surface area contributed by atoms with Crippen LogP contribution >= 0.6 is 0 Å². The van der Waals surface area contributed by atoms with Crippen molar-refractivity contribution in [2.45, 2.75) is 33.6 Å². The molecule has 0 aromatic heterocycles. The first-order valence-electron chi connectivity index (χ1n) is 5.02. The number of carbonyl (C=O) groups excluding carboxylic acids is 1. The molecule has 0 saturated carbocycles. The van der Waals surface area contributed by atoms with E-state index >= 15 is 0 Å². The molecule has 0 amide bonds. The molecule has 0 aromatic rings. The number of aliphatic carboxylic acids is 2. The maximum absolute atomic E-state index is 11.8.